The Morgan fingerprint density at radius 3 is 2.85 bits per heavy atom. The van der Waals surface area contributed by atoms with Gasteiger partial charge in [-0.15, -0.1) is 0 Å². The fourth-order valence-corrected chi connectivity index (χ4v) is 2.38. The van der Waals surface area contributed by atoms with Crippen LogP contribution in [0.3, 0.4) is 0 Å². The SMILES string of the molecule is COC1=C(C2=CCN=C(c3ccccc3)O2)CCC=C1. The Hall–Kier alpha value is -2.29. The van der Waals surface area contributed by atoms with Crippen molar-refractivity contribution in [2.75, 3.05) is 13.7 Å². The molecular formula is C17H17NO2. The Morgan fingerprint density at radius 1 is 1.20 bits per heavy atom. The second-order valence-electron chi connectivity index (χ2n) is 4.67. The van der Waals surface area contributed by atoms with Gasteiger partial charge in [-0.1, -0.05) is 24.3 Å². The molecular weight excluding hydrogens is 250 g/mol. The lowest BCUT2D eigenvalue weighted by atomic mass is 10.0. The lowest BCUT2D eigenvalue weighted by Crippen LogP contribution is -2.14. The molecule has 0 radical (unpaired) electrons. The molecule has 0 bridgehead atoms. The first-order valence-electron chi connectivity index (χ1n) is 6.80. The molecule has 1 heterocycles. The van der Waals surface area contributed by atoms with E-state index in [0.717, 1.165) is 35.5 Å². The minimum Gasteiger partial charge on any atom is -0.496 e. The molecule has 3 rings (SSSR count). The van der Waals surface area contributed by atoms with E-state index < -0.39 is 0 Å². The molecule has 2 aliphatic rings. The van der Waals surface area contributed by atoms with Crippen molar-refractivity contribution < 1.29 is 9.47 Å². The number of hydrogen-bond acceptors (Lipinski definition) is 3. The van der Waals surface area contributed by atoms with Crippen LogP contribution in [0.5, 0.6) is 0 Å². The lowest BCUT2D eigenvalue weighted by molar-refractivity contribution is 0.293. The van der Waals surface area contributed by atoms with Crippen LogP contribution in [0.15, 0.2) is 70.6 Å². The summed E-state index contributed by atoms with van der Waals surface area (Å²) in [4.78, 5) is 4.43. The first-order valence-corrected chi connectivity index (χ1v) is 6.80. The van der Waals surface area contributed by atoms with Crippen molar-refractivity contribution >= 4 is 5.90 Å². The van der Waals surface area contributed by atoms with Gasteiger partial charge in [-0.25, -0.2) is 4.99 Å². The molecule has 0 unspecified atom stereocenters. The van der Waals surface area contributed by atoms with Gasteiger partial charge in [0.05, 0.1) is 13.7 Å². The van der Waals surface area contributed by atoms with Crippen LogP contribution in [0.25, 0.3) is 0 Å². The number of methoxy groups -OCH3 is 1. The highest BCUT2D eigenvalue weighted by Crippen LogP contribution is 2.29. The van der Waals surface area contributed by atoms with Crippen molar-refractivity contribution in [1.82, 2.24) is 0 Å². The molecule has 0 spiro atoms. The van der Waals surface area contributed by atoms with Crippen LogP contribution in [-0.4, -0.2) is 19.6 Å². The maximum absolute atomic E-state index is 5.98. The minimum absolute atomic E-state index is 0.643. The third kappa shape index (κ3) is 2.52. The third-order valence-corrected chi connectivity index (χ3v) is 3.38. The highest BCUT2D eigenvalue weighted by Gasteiger charge is 2.19. The molecule has 1 aromatic rings. The molecule has 0 saturated heterocycles. The van der Waals surface area contributed by atoms with Gasteiger partial charge in [0.15, 0.2) is 0 Å². The van der Waals surface area contributed by atoms with E-state index in [4.69, 9.17) is 9.47 Å². The van der Waals surface area contributed by atoms with Crippen molar-refractivity contribution in [3.63, 3.8) is 0 Å². The number of hydrogen-bond donors (Lipinski definition) is 0. The molecule has 0 aromatic heterocycles. The van der Waals surface area contributed by atoms with E-state index >= 15 is 0 Å². The van der Waals surface area contributed by atoms with Crippen LogP contribution in [0.2, 0.25) is 0 Å². The summed E-state index contributed by atoms with van der Waals surface area (Å²) in [6.45, 7) is 0.643. The zero-order chi connectivity index (χ0) is 13.8. The molecule has 102 valence electrons. The van der Waals surface area contributed by atoms with Gasteiger partial charge in [0.25, 0.3) is 0 Å². The summed E-state index contributed by atoms with van der Waals surface area (Å²) in [6.07, 6.45) is 8.10. The van der Waals surface area contributed by atoms with Gasteiger partial charge in [0, 0.05) is 11.1 Å². The summed E-state index contributed by atoms with van der Waals surface area (Å²) >= 11 is 0. The van der Waals surface area contributed by atoms with Gasteiger partial charge < -0.3 is 9.47 Å². The third-order valence-electron chi connectivity index (χ3n) is 3.38. The number of aliphatic imine (C=N–C) groups is 1. The second kappa shape index (κ2) is 5.78. The summed E-state index contributed by atoms with van der Waals surface area (Å²) in [5, 5.41) is 0. The number of allylic oxidation sites excluding steroid dienone is 3. The van der Waals surface area contributed by atoms with Gasteiger partial charge in [0.2, 0.25) is 5.90 Å². The van der Waals surface area contributed by atoms with E-state index in [0.29, 0.717) is 12.4 Å². The summed E-state index contributed by atoms with van der Waals surface area (Å²) in [5.41, 5.74) is 2.13. The Bertz CT molecular complexity index is 609. The molecule has 0 fully saturated rings. The molecule has 3 heteroatoms. The van der Waals surface area contributed by atoms with E-state index in [9.17, 15) is 0 Å². The van der Waals surface area contributed by atoms with Crippen LogP contribution in [-0.2, 0) is 9.47 Å². The Kier molecular flexibility index (Phi) is 3.68. The van der Waals surface area contributed by atoms with E-state index in [1.165, 1.54) is 0 Å². The molecule has 1 aliphatic carbocycles. The molecule has 0 amide bonds. The van der Waals surface area contributed by atoms with Crippen molar-refractivity contribution in [1.29, 1.82) is 0 Å². The smallest absolute Gasteiger partial charge is 0.222 e. The first-order chi connectivity index (χ1) is 9.88. The number of rotatable bonds is 3. The predicted molar refractivity (Wildman–Crippen MR) is 79.4 cm³/mol. The van der Waals surface area contributed by atoms with Crippen molar-refractivity contribution in [2.24, 2.45) is 4.99 Å². The van der Waals surface area contributed by atoms with Gasteiger partial charge in [-0.05, 0) is 37.1 Å². The number of nitrogens with zero attached hydrogens (tertiary/aromatic N) is 1. The van der Waals surface area contributed by atoms with E-state index in [1.807, 2.05) is 42.5 Å². The maximum Gasteiger partial charge on any atom is 0.222 e. The molecule has 0 N–H and O–H groups in total. The Labute approximate surface area is 118 Å². The van der Waals surface area contributed by atoms with E-state index in [-0.39, 0.29) is 0 Å². The summed E-state index contributed by atoms with van der Waals surface area (Å²) < 4.78 is 11.4. The van der Waals surface area contributed by atoms with Gasteiger partial charge >= 0.3 is 0 Å². The fraction of sp³-hybridized carbons (Fsp3) is 0.235. The predicted octanol–water partition coefficient (Wildman–Crippen LogP) is 3.60. The van der Waals surface area contributed by atoms with E-state index in [2.05, 4.69) is 11.1 Å². The molecule has 1 aliphatic heterocycles. The van der Waals surface area contributed by atoms with E-state index in [1.54, 1.807) is 7.11 Å². The highest BCUT2D eigenvalue weighted by molar-refractivity contribution is 5.95. The van der Waals surface area contributed by atoms with Crippen molar-refractivity contribution in [3.05, 3.63) is 71.2 Å². The van der Waals surface area contributed by atoms with Crippen LogP contribution < -0.4 is 0 Å². The minimum atomic E-state index is 0.643. The summed E-state index contributed by atoms with van der Waals surface area (Å²) in [5.74, 6) is 2.44. The normalized spacial score (nSPS) is 18.2. The van der Waals surface area contributed by atoms with Gasteiger partial charge in [-0.2, -0.15) is 0 Å². The van der Waals surface area contributed by atoms with Crippen LogP contribution in [0.4, 0.5) is 0 Å². The monoisotopic (exact) mass is 267 g/mol. The molecule has 0 atom stereocenters. The standard InChI is InChI=1S/C17H17NO2/c1-19-15-10-6-5-9-14(15)16-11-12-18-17(20-16)13-7-3-2-4-8-13/h2-4,6-8,10-11H,5,9,12H2,1H3. The van der Waals surface area contributed by atoms with Crippen LogP contribution in [0.1, 0.15) is 18.4 Å². The van der Waals surface area contributed by atoms with Crippen molar-refractivity contribution in [3.8, 4) is 0 Å². The Morgan fingerprint density at radius 2 is 2.05 bits per heavy atom. The number of benzene rings is 1. The van der Waals surface area contributed by atoms with Crippen LogP contribution >= 0.6 is 0 Å². The lowest BCUT2D eigenvalue weighted by Gasteiger charge is -2.21. The summed E-state index contributed by atoms with van der Waals surface area (Å²) in [7, 11) is 1.70. The number of ether oxygens (including phenoxy) is 2. The Balaban J connectivity index is 1.85. The quantitative estimate of drug-likeness (QED) is 0.837. The fourth-order valence-electron chi connectivity index (χ4n) is 2.38. The van der Waals surface area contributed by atoms with Crippen molar-refractivity contribution in [2.45, 2.75) is 12.8 Å². The molecule has 3 nitrogen and oxygen atoms in total. The first kappa shape index (κ1) is 12.7. The van der Waals surface area contributed by atoms with Gasteiger partial charge in [0.1, 0.15) is 11.5 Å². The van der Waals surface area contributed by atoms with Gasteiger partial charge in [-0.3, -0.25) is 0 Å². The average Bonchev–Trinajstić information content (AvgIpc) is 2.56. The highest BCUT2D eigenvalue weighted by atomic mass is 16.5. The molecule has 20 heavy (non-hydrogen) atoms. The summed E-state index contributed by atoms with van der Waals surface area (Å²) in [6, 6.07) is 9.98. The topological polar surface area (TPSA) is 30.8 Å². The zero-order valence-electron chi connectivity index (χ0n) is 11.5. The average molecular weight is 267 g/mol. The molecule has 1 aromatic carbocycles. The maximum atomic E-state index is 5.98. The molecule has 0 saturated carbocycles. The largest absolute Gasteiger partial charge is 0.496 e. The van der Waals surface area contributed by atoms with Crippen LogP contribution in [0, 0.1) is 0 Å². The zero-order valence-corrected chi connectivity index (χ0v) is 11.5. The second-order valence-corrected chi connectivity index (χ2v) is 4.67.